The Hall–Kier alpha value is -0.620. The summed E-state index contributed by atoms with van der Waals surface area (Å²) in [5.74, 6) is 5.77. The largest absolute Gasteiger partial charge is 0.371 e. The maximum absolute atomic E-state index is 5.77. The van der Waals surface area contributed by atoms with Gasteiger partial charge in [-0.3, -0.25) is 10.5 Å². The molecule has 2 aliphatic rings. The van der Waals surface area contributed by atoms with E-state index in [4.69, 9.17) is 10.6 Å². The smallest absolute Gasteiger partial charge is 0.0996 e. The zero-order valence-electron chi connectivity index (χ0n) is 9.08. The van der Waals surface area contributed by atoms with Crippen LogP contribution in [0.5, 0.6) is 0 Å². The number of hydrogen-bond donors (Lipinski definition) is 1. The SMILES string of the molecule is Cl.NN1CCOC(c2cnn(C3CC3)c2)C1. The molecule has 90 valence electrons. The van der Waals surface area contributed by atoms with Gasteiger partial charge in [-0.05, 0) is 12.8 Å². The fourth-order valence-corrected chi connectivity index (χ4v) is 1.93. The van der Waals surface area contributed by atoms with E-state index in [1.807, 2.05) is 15.9 Å². The van der Waals surface area contributed by atoms with Gasteiger partial charge in [0.2, 0.25) is 0 Å². The van der Waals surface area contributed by atoms with Crippen LogP contribution in [0.3, 0.4) is 0 Å². The molecule has 0 spiro atoms. The van der Waals surface area contributed by atoms with Gasteiger partial charge in [0.1, 0.15) is 0 Å². The van der Waals surface area contributed by atoms with Crippen molar-refractivity contribution in [1.29, 1.82) is 0 Å². The molecular weight excluding hydrogens is 228 g/mol. The van der Waals surface area contributed by atoms with Crippen LogP contribution in [-0.4, -0.2) is 34.5 Å². The van der Waals surface area contributed by atoms with Gasteiger partial charge in [-0.1, -0.05) is 0 Å². The summed E-state index contributed by atoms with van der Waals surface area (Å²) in [6.07, 6.45) is 6.62. The molecular formula is C10H17ClN4O. The molecule has 1 aliphatic carbocycles. The molecule has 1 unspecified atom stereocenters. The van der Waals surface area contributed by atoms with E-state index in [9.17, 15) is 0 Å². The summed E-state index contributed by atoms with van der Waals surface area (Å²) in [4.78, 5) is 0. The van der Waals surface area contributed by atoms with Crippen LogP contribution in [0, 0.1) is 0 Å². The Morgan fingerprint density at radius 3 is 2.94 bits per heavy atom. The van der Waals surface area contributed by atoms with Gasteiger partial charge in [0.05, 0.1) is 24.9 Å². The number of aromatic nitrogens is 2. The molecule has 0 radical (unpaired) electrons. The second-order valence-electron chi connectivity index (χ2n) is 4.34. The van der Waals surface area contributed by atoms with E-state index in [1.54, 1.807) is 0 Å². The maximum atomic E-state index is 5.77. The number of hydrazine groups is 1. The van der Waals surface area contributed by atoms with Gasteiger partial charge < -0.3 is 4.74 Å². The summed E-state index contributed by atoms with van der Waals surface area (Å²) in [5, 5.41) is 6.16. The van der Waals surface area contributed by atoms with E-state index in [-0.39, 0.29) is 18.5 Å². The molecule has 2 heterocycles. The standard InChI is InChI=1S/C10H16N4O.ClH/c11-13-3-4-15-10(7-13)8-5-12-14(6-8)9-1-2-9;/h5-6,9-10H,1-4,7,11H2;1H. The number of ether oxygens (including phenoxy) is 1. The van der Waals surface area contributed by atoms with Crippen LogP contribution in [0.4, 0.5) is 0 Å². The van der Waals surface area contributed by atoms with E-state index in [1.165, 1.54) is 12.8 Å². The highest BCUT2D eigenvalue weighted by Crippen LogP contribution is 2.34. The molecule has 6 heteroatoms. The highest BCUT2D eigenvalue weighted by atomic mass is 35.5. The molecule has 0 bridgehead atoms. The molecule has 16 heavy (non-hydrogen) atoms. The molecule has 0 aromatic carbocycles. The van der Waals surface area contributed by atoms with Crippen LogP contribution >= 0.6 is 12.4 Å². The highest BCUT2D eigenvalue weighted by molar-refractivity contribution is 5.85. The van der Waals surface area contributed by atoms with Crippen molar-refractivity contribution in [3.05, 3.63) is 18.0 Å². The predicted molar refractivity (Wildman–Crippen MR) is 62.2 cm³/mol. The fourth-order valence-electron chi connectivity index (χ4n) is 1.93. The number of morpholine rings is 1. The minimum Gasteiger partial charge on any atom is -0.371 e. The Morgan fingerprint density at radius 1 is 1.44 bits per heavy atom. The van der Waals surface area contributed by atoms with Crippen LogP contribution in [0.15, 0.2) is 12.4 Å². The summed E-state index contributed by atoms with van der Waals surface area (Å²) in [6, 6.07) is 0.635. The van der Waals surface area contributed by atoms with E-state index in [2.05, 4.69) is 11.3 Å². The molecule has 5 nitrogen and oxygen atoms in total. The Labute approximate surface area is 101 Å². The first-order valence-electron chi connectivity index (χ1n) is 5.48. The van der Waals surface area contributed by atoms with Crippen molar-refractivity contribution in [3.8, 4) is 0 Å². The Kier molecular flexibility index (Phi) is 3.49. The van der Waals surface area contributed by atoms with Crippen LogP contribution in [0.2, 0.25) is 0 Å². The molecule has 1 aromatic rings. The van der Waals surface area contributed by atoms with Crippen LogP contribution in [0.25, 0.3) is 0 Å². The van der Waals surface area contributed by atoms with Gasteiger partial charge in [0.25, 0.3) is 0 Å². The lowest BCUT2D eigenvalue weighted by Crippen LogP contribution is -2.42. The number of rotatable bonds is 2. The van der Waals surface area contributed by atoms with Crippen LogP contribution in [-0.2, 0) is 4.74 Å². The summed E-state index contributed by atoms with van der Waals surface area (Å²) >= 11 is 0. The van der Waals surface area contributed by atoms with Crippen molar-refractivity contribution in [3.63, 3.8) is 0 Å². The second kappa shape index (κ2) is 4.71. The molecule has 1 saturated carbocycles. The first-order valence-corrected chi connectivity index (χ1v) is 5.48. The number of hydrogen-bond acceptors (Lipinski definition) is 4. The third kappa shape index (κ3) is 2.38. The van der Waals surface area contributed by atoms with Crippen molar-refractivity contribution in [2.75, 3.05) is 19.7 Å². The molecule has 1 aliphatic heterocycles. The molecule has 1 atom stereocenters. The van der Waals surface area contributed by atoms with Gasteiger partial charge in [-0.15, -0.1) is 12.4 Å². The van der Waals surface area contributed by atoms with E-state index in [0.717, 1.165) is 18.7 Å². The Morgan fingerprint density at radius 2 is 2.25 bits per heavy atom. The second-order valence-corrected chi connectivity index (χ2v) is 4.34. The van der Waals surface area contributed by atoms with Gasteiger partial charge in [-0.2, -0.15) is 5.10 Å². The summed E-state index contributed by atoms with van der Waals surface area (Å²) < 4.78 is 7.72. The zero-order valence-corrected chi connectivity index (χ0v) is 9.90. The highest BCUT2D eigenvalue weighted by Gasteiger charge is 2.26. The normalized spacial score (nSPS) is 26.4. The van der Waals surface area contributed by atoms with Crippen LogP contribution in [0.1, 0.15) is 30.6 Å². The van der Waals surface area contributed by atoms with Gasteiger partial charge >= 0.3 is 0 Å². The van der Waals surface area contributed by atoms with E-state index < -0.39 is 0 Å². The Bertz CT molecular complexity index is 352. The third-order valence-electron chi connectivity index (χ3n) is 3.01. The van der Waals surface area contributed by atoms with Gasteiger partial charge in [-0.25, -0.2) is 5.01 Å². The topological polar surface area (TPSA) is 56.3 Å². The van der Waals surface area contributed by atoms with Crippen molar-refractivity contribution in [2.24, 2.45) is 5.84 Å². The predicted octanol–water partition coefficient (Wildman–Crippen LogP) is 0.887. The van der Waals surface area contributed by atoms with E-state index >= 15 is 0 Å². The summed E-state index contributed by atoms with van der Waals surface area (Å²) in [5.41, 5.74) is 1.15. The maximum Gasteiger partial charge on any atom is 0.0996 e. The monoisotopic (exact) mass is 244 g/mol. The van der Waals surface area contributed by atoms with Crippen molar-refractivity contribution >= 4 is 12.4 Å². The molecule has 1 saturated heterocycles. The minimum atomic E-state index is 0. The van der Waals surface area contributed by atoms with E-state index in [0.29, 0.717) is 12.6 Å². The van der Waals surface area contributed by atoms with Gasteiger partial charge in [0.15, 0.2) is 0 Å². The quantitative estimate of drug-likeness (QED) is 0.785. The minimum absolute atomic E-state index is 0. The number of nitrogens with zero attached hydrogens (tertiary/aromatic N) is 3. The molecule has 2 fully saturated rings. The lowest BCUT2D eigenvalue weighted by molar-refractivity contribution is -0.0304. The fraction of sp³-hybridized carbons (Fsp3) is 0.700. The average molecular weight is 245 g/mol. The zero-order chi connectivity index (χ0) is 10.3. The average Bonchev–Trinajstić information content (AvgIpc) is 2.97. The number of nitrogens with two attached hydrogens (primary N) is 1. The number of halogens is 1. The van der Waals surface area contributed by atoms with Gasteiger partial charge in [0, 0.05) is 24.8 Å². The van der Waals surface area contributed by atoms with Crippen molar-refractivity contribution in [2.45, 2.75) is 25.0 Å². The lowest BCUT2D eigenvalue weighted by Gasteiger charge is -2.28. The van der Waals surface area contributed by atoms with Crippen LogP contribution < -0.4 is 5.84 Å². The molecule has 3 rings (SSSR count). The third-order valence-corrected chi connectivity index (χ3v) is 3.01. The van der Waals surface area contributed by atoms with Crippen molar-refractivity contribution < 1.29 is 4.74 Å². The molecule has 0 amide bonds. The first kappa shape index (κ1) is 11.9. The Balaban J connectivity index is 0.000000963. The summed E-state index contributed by atoms with van der Waals surface area (Å²) in [6.45, 7) is 2.28. The molecule has 1 aromatic heterocycles. The molecule has 2 N–H and O–H groups in total. The summed E-state index contributed by atoms with van der Waals surface area (Å²) in [7, 11) is 0. The van der Waals surface area contributed by atoms with Crippen molar-refractivity contribution in [1.82, 2.24) is 14.8 Å². The lowest BCUT2D eigenvalue weighted by atomic mass is 10.2. The first-order chi connectivity index (χ1) is 7.33.